The van der Waals surface area contributed by atoms with Crippen LogP contribution in [0.1, 0.15) is 37.8 Å². The lowest BCUT2D eigenvalue weighted by atomic mass is 10.0. The highest BCUT2D eigenvalue weighted by Crippen LogP contribution is 2.23. The van der Waals surface area contributed by atoms with Crippen LogP contribution in [0.25, 0.3) is 0 Å². The van der Waals surface area contributed by atoms with Crippen LogP contribution in [0.5, 0.6) is 0 Å². The Bertz CT molecular complexity index is 445. The lowest BCUT2D eigenvalue weighted by Crippen LogP contribution is -2.29. The zero-order valence-electron chi connectivity index (χ0n) is 11.5. The van der Waals surface area contributed by atoms with Gasteiger partial charge in [0.2, 0.25) is 0 Å². The van der Waals surface area contributed by atoms with E-state index in [-0.39, 0.29) is 11.9 Å². The highest BCUT2D eigenvalue weighted by Gasteiger charge is 2.15. The van der Waals surface area contributed by atoms with Crippen molar-refractivity contribution in [3.05, 3.63) is 46.7 Å². The lowest BCUT2D eigenvalue weighted by molar-refractivity contribution is 0.140. The van der Waals surface area contributed by atoms with Crippen LogP contribution in [0.2, 0.25) is 0 Å². The largest absolute Gasteiger partial charge is 0.450 e. The molecule has 0 aliphatic rings. The molecule has 110 valence electrons. The van der Waals surface area contributed by atoms with Gasteiger partial charge >= 0.3 is 6.09 Å². The Hall–Kier alpha value is -1.36. The maximum atomic E-state index is 13.4. The number of alkyl carbamates (subject to hydrolysis) is 1. The van der Waals surface area contributed by atoms with E-state index in [1.807, 2.05) is 6.92 Å². The summed E-state index contributed by atoms with van der Waals surface area (Å²) in [5.41, 5.74) is 0.671. The maximum Gasteiger partial charge on any atom is 0.407 e. The van der Waals surface area contributed by atoms with Crippen molar-refractivity contribution < 1.29 is 13.9 Å². The van der Waals surface area contributed by atoms with E-state index in [1.165, 1.54) is 12.1 Å². The molecule has 0 aliphatic heterocycles. The second-order valence-electron chi connectivity index (χ2n) is 4.41. The minimum absolute atomic E-state index is 0.353. The number of amides is 1. The van der Waals surface area contributed by atoms with Crippen molar-refractivity contribution in [1.82, 2.24) is 5.32 Å². The quantitative estimate of drug-likeness (QED) is 0.574. The third kappa shape index (κ3) is 5.74. The third-order valence-electron chi connectivity index (χ3n) is 2.71. The summed E-state index contributed by atoms with van der Waals surface area (Å²) in [4.78, 5) is 11.7. The average Bonchev–Trinajstić information content (AvgIpc) is 2.37. The summed E-state index contributed by atoms with van der Waals surface area (Å²) >= 11 is 3.24. The van der Waals surface area contributed by atoms with Crippen LogP contribution < -0.4 is 5.32 Å². The van der Waals surface area contributed by atoms with E-state index in [0.717, 1.165) is 12.8 Å². The molecule has 0 bridgehead atoms. The van der Waals surface area contributed by atoms with E-state index in [2.05, 4.69) is 27.8 Å². The summed E-state index contributed by atoms with van der Waals surface area (Å²) in [5, 5.41) is 2.73. The van der Waals surface area contributed by atoms with E-state index < -0.39 is 6.09 Å². The molecular formula is C15H19BrFNO2. The van der Waals surface area contributed by atoms with E-state index in [0.29, 0.717) is 23.1 Å². The van der Waals surface area contributed by atoms with Gasteiger partial charge in [-0.2, -0.15) is 0 Å². The fourth-order valence-electron chi connectivity index (χ4n) is 1.71. The predicted octanol–water partition coefficient (Wildman–Crippen LogP) is 4.73. The topological polar surface area (TPSA) is 38.3 Å². The monoisotopic (exact) mass is 343 g/mol. The standard InChI is InChI=1S/C15H19BrFNO2/c1-3-5-7-20-15(19)18-14(6-4-2)11-8-12(16)10-13(17)9-11/h4,8-10,14H,2-3,5-7H2,1H3,(H,18,19). The summed E-state index contributed by atoms with van der Waals surface area (Å²) < 4.78 is 19.1. The highest BCUT2D eigenvalue weighted by molar-refractivity contribution is 9.10. The van der Waals surface area contributed by atoms with Crippen LogP contribution in [0.3, 0.4) is 0 Å². The maximum absolute atomic E-state index is 13.4. The number of hydrogen-bond acceptors (Lipinski definition) is 2. The van der Waals surface area contributed by atoms with Crippen molar-refractivity contribution in [3.63, 3.8) is 0 Å². The van der Waals surface area contributed by atoms with Crippen molar-refractivity contribution in [2.45, 2.75) is 32.2 Å². The Kier molecular flexibility index (Phi) is 7.30. The molecule has 1 aromatic rings. The molecule has 1 N–H and O–H groups in total. The summed E-state index contributed by atoms with van der Waals surface area (Å²) in [6.07, 6.45) is 3.46. The molecule has 0 fully saturated rings. The first-order chi connectivity index (χ1) is 9.56. The van der Waals surface area contributed by atoms with Gasteiger partial charge in [-0.1, -0.05) is 35.4 Å². The molecule has 0 spiro atoms. The van der Waals surface area contributed by atoms with Gasteiger partial charge in [-0.05, 0) is 36.6 Å². The van der Waals surface area contributed by atoms with E-state index in [4.69, 9.17) is 4.74 Å². The highest BCUT2D eigenvalue weighted by atomic mass is 79.9. The molecule has 0 heterocycles. The van der Waals surface area contributed by atoms with Crippen molar-refractivity contribution in [2.24, 2.45) is 0 Å². The first kappa shape index (κ1) is 16.7. The zero-order valence-corrected chi connectivity index (χ0v) is 13.1. The molecule has 0 saturated heterocycles. The molecule has 20 heavy (non-hydrogen) atoms. The SMILES string of the molecule is C=CCC(NC(=O)OCCCC)c1cc(F)cc(Br)c1. The van der Waals surface area contributed by atoms with Gasteiger partial charge in [-0.3, -0.25) is 0 Å². The normalized spacial score (nSPS) is 11.8. The number of benzene rings is 1. The average molecular weight is 344 g/mol. The second kappa shape index (κ2) is 8.74. The van der Waals surface area contributed by atoms with Gasteiger partial charge in [-0.25, -0.2) is 9.18 Å². The number of nitrogens with one attached hydrogen (secondary N) is 1. The molecule has 1 atom stereocenters. The molecule has 1 unspecified atom stereocenters. The first-order valence-corrected chi connectivity index (χ1v) is 7.36. The zero-order chi connectivity index (χ0) is 15.0. The van der Waals surface area contributed by atoms with Gasteiger partial charge < -0.3 is 10.1 Å². The predicted molar refractivity (Wildman–Crippen MR) is 81.0 cm³/mol. The summed E-state index contributed by atoms with van der Waals surface area (Å²) in [6, 6.07) is 4.18. The Morgan fingerprint density at radius 3 is 2.90 bits per heavy atom. The molecule has 0 aromatic heterocycles. The Morgan fingerprint density at radius 2 is 2.30 bits per heavy atom. The van der Waals surface area contributed by atoms with E-state index >= 15 is 0 Å². The molecule has 0 radical (unpaired) electrons. The lowest BCUT2D eigenvalue weighted by Gasteiger charge is -2.18. The fraction of sp³-hybridized carbons (Fsp3) is 0.400. The van der Waals surface area contributed by atoms with Crippen molar-refractivity contribution in [3.8, 4) is 0 Å². The van der Waals surface area contributed by atoms with Crippen LogP contribution >= 0.6 is 15.9 Å². The Balaban J connectivity index is 2.72. The Labute approximate surface area is 127 Å². The Morgan fingerprint density at radius 1 is 1.55 bits per heavy atom. The number of unbranched alkanes of at least 4 members (excludes halogenated alkanes) is 1. The summed E-state index contributed by atoms with van der Waals surface area (Å²) in [5.74, 6) is -0.357. The summed E-state index contributed by atoms with van der Waals surface area (Å²) in [6.45, 7) is 6.06. The number of carbonyl (C=O) groups is 1. The number of carbonyl (C=O) groups excluding carboxylic acids is 1. The van der Waals surface area contributed by atoms with Crippen LogP contribution in [-0.2, 0) is 4.74 Å². The summed E-state index contributed by atoms with van der Waals surface area (Å²) in [7, 11) is 0. The number of halogens is 2. The molecular weight excluding hydrogens is 325 g/mol. The van der Waals surface area contributed by atoms with Crippen LogP contribution in [-0.4, -0.2) is 12.7 Å². The minimum atomic E-state index is -0.495. The van der Waals surface area contributed by atoms with Gasteiger partial charge in [0.1, 0.15) is 5.82 Å². The molecule has 5 heteroatoms. The molecule has 1 rings (SSSR count). The van der Waals surface area contributed by atoms with Crippen molar-refractivity contribution in [2.75, 3.05) is 6.61 Å². The molecule has 3 nitrogen and oxygen atoms in total. The van der Waals surface area contributed by atoms with Crippen molar-refractivity contribution >= 4 is 22.0 Å². The number of ether oxygens (including phenoxy) is 1. The van der Waals surface area contributed by atoms with Gasteiger partial charge in [0.05, 0.1) is 12.6 Å². The smallest absolute Gasteiger partial charge is 0.407 e. The van der Waals surface area contributed by atoms with Crippen LogP contribution in [0.4, 0.5) is 9.18 Å². The van der Waals surface area contributed by atoms with Crippen LogP contribution in [0.15, 0.2) is 35.3 Å². The molecule has 0 aliphatic carbocycles. The second-order valence-corrected chi connectivity index (χ2v) is 5.33. The van der Waals surface area contributed by atoms with Gasteiger partial charge in [-0.15, -0.1) is 6.58 Å². The molecule has 0 saturated carbocycles. The first-order valence-electron chi connectivity index (χ1n) is 6.57. The minimum Gasteiger partial charge on any atom is -0.450 e. The third-order valence-corrected chi connectivity index (χ3v) is 3.17. The van der Waals surface area contributed by atoms with Crippen molar-refractivity contribution in [1.29, 1.82) is 0 Å². The fourth-order valence-corrected chi connectivity index (χ4v) is 2.20. The number of hydrogen-bond donors (Lipinski definition) is 1. The van der Waals surface area contributed by atoms with Gasteiger partial charge in [0, 0.05) is 4.47 Å². The molecule has 1 aromatic carbocycles. The van der Waals surface area contributed by atoms with E-state index in [9.17, 15) is 9.18 Å². The van der Waals surface area contributed by atoms with Crippen LogP contribution in [0, 0.1) is 5.82 Å². The van der Waals surface area contributed by atoms with Gasteiger partial charge in [0.25, 0.3) is 0 Å². The molecule has 1 amide bonds. The number of rotatable bonds is 7. The van der Waals surface area contributed by atoms with Gasteiger partial charge in [0.15, 0.2) is 0 Å². The van der Waals surface area contributed by atoms with E-state index in [1.54, 1.807) is 12.1 Å².